The Kier molecular flexibility index (Phi) is 4.39. The van der Waals surface area contributed by atoms with Crippen molar-refractivity contribution in [2.75, 3.05) is 4.90 Å². The number of anilines is 1. The van der Waals surface area contributed by atoms with Crippen LogP contribution in [-0.4, -0.2) is 5.91 Å². The third-order valence-electron chi connectivity index (χ3n) is 2.94. The van der Waals surface area contributed by atoms with Gasteiger partial charge in [0.15, 0.2) is 0 Å². The molecule has 100 valence electrons. The van der Waals surface area contributed by atoms with Gasteiger partial charge in [-0.15, -0.1) is 0 Å². The molecule has 0 radical (unpaired) electrons. The van der Waals surface area contributed by atoms with E-state index in [0.717, 1.165) is 5.56 Å². The maximum absolute atomic E-state index is 11.9. The van der Waals surface area contributed by atoms with Crippen molar-refractivity contribution in [3.8, 4) is 6.07 Å². The maximum atomic E-state index is 11.9. The van der Waals surface area contributed by atoms with Crippen molar-refractivity contribution in [1.82, 2.24) is 0 Å². The lowest BCUT2D eigenvalue weighted by atomic mass is 10.1. The summed E-state index contributed by atoms with van der Waals surface area (Å²) in [4.78, 5) is 13.4. The normalized spacial score (nSPS) is 11.4. The Morgan fingerprint density at radius 2 is 1.75 bits per heavy atom. The molecule has 2 rings (SSSR count). The number of carbonyl (C=O) groups is 1. The molecule has 0 saturated heterocycles. The largest absolute Gasteiger partial charge is 0.292 e. The fraction of sp³-hybridized carbons (Fsp3) is 0.125. The van der Waals surface area contributed by atoms with Gasteiger partial charge in [0.1, 0.15) is 6.04 Å². The molecule has 1 unspecified atom stereocenters. The summed E-state index contributed by atoms with van der Waals surface area (Å²) >= 11 is 5.86. The summed E-state index contributed by atoms with van der Waals surface area (Å²) in [6.45, 7) is 1.45. The molecular formula is C16H13ClN2O. The van der Waals surface area contributed by atoms with Gasteiger partial charge < -0.3 is 0 Å². The van der Waals surface area contributed by atoms with Crippen LogP contribution in [0.5, 0.6) is 0 Å². The number of rotatable bonds is 3. The lowest BCUT2D eigenvalue weighted by molar-refractivity contribution is -0.116. The lowest BCUT2D eigenvalue weighted by Gasteiger charge is -2.26. The molecule has 3 nitrogen and oxygen atoms in total. The minimum absolute atomic E-state index is 0.192. The fourth-order valence-electron chi connectivity index (χ4n) is 2.03. The molecule has 0 bridgehead atoms. The van der Waals surface area contributed by atoms with Gasteiger partial charge in [-0.25, -0.2) is 0 Å². The van der Waals surface area contributed by atoms with Crippen molar-refractivity contribution in [2.24, 2.45) is 0 Å². The molecule has 0 aliphatic rings. The van der Waals surface area contributed by atoms with Crippen LogP contribution in [0.4, 0.5) is 5.69 Å². The number of hydrogen-bond donors (Lipinski definition) is 0. The van der Waals surface area contributed by atoms with Gasteiger partial charge in [0, 0.05) is 17.6 Å². The SMILES string of the molecule is CC(=O)N(c1ccc(Cl)cc1)C(C#N)c1ccccc1. The predicted molar refractivity (Wildman–Crippen MR) is 79.4 cm³/mol. The van der Waals surface area contributed by atoms with Crippen molar-refractivity contribution < 1.29 is 4.79 Å². The molecule has 0 aliphatic carbocycles. The van der Waals surface area contributed by atoms with E-state index in [0.29, 0.717) is 10.7 Å². The summed E-state index contributed by atoms with van der Waals surface area (Å²) < 4.78 is 0. The molecule has 0 saturated carbocycles. The predicted octanol–water partition coefficient (Wildman–Crippen LogP) is 3.96. The summed E-state index contributed by atoms with van der Waals surface area (Å²) in [6, 6.07) is 17.6. The van der Waals surface area contributed by atoms with E-state index in [9.17, 15) is 10.1 Å². The molecule has 1 amide bonds. The van der Waals surface area contributed by atoms with Gasteiger partial charge in [-0.05, 0) is 29.8 Å². The Bertz CT molecular complexity index is 632. The van der Waals surface area contributed by atoms with Crippen molar-refractivity contribution >= 4 is 23.2 Å². The van der Waals surface area contributed by atoms with Crippen LogP contribution in [0, 0.1) is 11.3 Å². The smallest absolute Gasteiger partial charge is 0.225 e. The monoisotopic (exact) mass is 284 g/mol. The summed E-state index contributed by atoms with van der Waals surface area (Å²) in [5.74, 6) is -0.192. The molecule has 4 heteroatoms. The molecular weight excluding hydrogens is 272 g/mol. The topological polar surface area (TPSA) is 44.1 Å². The highest BCUT2D eigenvalue weighted by molar-refractivity contribution is 6.30. The van der Waals surface area contributed by atoms with E-state index in [-0.39, 0.29) is 5.91 Å². The van der Waals surface area contributed by atoms with Crippen LogP contribution in [0.25, 0.3) is 0 Å². The molecule has 0 aliphatic heterocycles. The van der Waals surface area contributed by atoms with E-state index in [2.05, 4.69) is 6.07 Å². The molecule has 0 heterocycles. The molecule has 2 aromatic rings. The zero-order valence-corrected chi connectivity index (χ0v) is 11.7. The van der Waals surface area contributed by atoms with Gasteiger partial charge in [0.25, 0.3) is 0 Å². The van der Waals surface area contributed by atoms with Crippen molar-refractivity contribution in [3.63, 3.8) is 0 Å². The molecule has 0 aromatic heterocycles. The quantitative estimate of drug-likeness (QED) is 0.856. The van der Waals surface area contributed by atoms with Gasteiger partial charge in [-0.1, -0.05) is 41.9 Å². The van der Waals surface area contributed by atoms with Gasteiger partial charge in [-0.2, -0.15) is 5.26 Å². The zero-order chi connectivity index (χ0) is 14.5. The Balaban J connectivity index is 2.45. The second-order valence-electron chi connectivity index (χ2n) is 4.31. The van der Waals surface area contributed by atoms with Crippen LogP contribution < -0.4 is 4.90 Å². The average molecular weight is 285 g/mol. The van der Waals surface area contributed by atoms with E-state index in [4.69, 9.17) is 11.6 Å². The third-order valence-corrected chi connectivity index (χ3v) is 3.19. The Hall–Kier alpha value is -2.31. The number of nitrogens with zero attached hydrogens (tertiary/aromatic N) is 2. The number of halogens is 1. The van der Waals surface area contributed by atoms with Crippen LogP contribution in [0.2, 0.25) is 5.02 Å². The van der Waals surface area contributed by atoms with Crippen molar-refractivity contribution in [3.05, 3.63) is 65.2 Å². The first-order valence-corrected chi connectivity index (χ1v) is 6.51. The van der Waals surface area contributed by atoms with Gasteiger partial charge in [-0.3, -0.25) is 9.69 Å². The number of hydrogen-bond acceptors (Lipinski definition) is 2. The highest BCUT2D eigenvalue weighted by Crippen LogP contribution is 2.28. The van der Waals surface area contributed by atoms with Crippen LogP contribution in [0.1, 0.15) is 18.5 Å². The van der Waals surface area contributed by atoms with E-state index in [1.54, 1.807) is 24.3 Å². The van der Waals surface area contributed by atoms with Gasteiger partial charge in [0.05, 0.1) is 6.07 Å². The number of benzene rings is 2. The highest BCUT2D eigenvalue weighted by Gasteiger charge is 2.23. The molecule has 0 N–H and O–H groups in total. The standard InChI is InChI=1S/C16H13ClN2O/c1-12(20)19(15-9-7-14(17)8-10-15)16(11-18)13-5-3-2-4-6-13/h2-10,16H,1H3. The molecule has 0 fully saturated rings. The first kappa shape index (κ1) is 14.1. The maximum Gasteiger partial charge on any atom is 0.225 e. The van der Waals surface area contributed by atoms with Gasteiger partial charge >= 0.3 is 0 Å². The molecule has 20 heavy (non-hydrogen) atoms. The minimum atomic E-state index is -0.658. The number of carbonyl (C=O) groups excluding carboxylic acids is 1. The Morgan fingerprint density at radius 1 is 1.15 bits per heavy atom. The first-order valence-electron chi connectivity index (χ1n) is 6.13. The fourth-order valence-corrected chi connectivity index (χ4v) is 2.16. The Labute approximate surface area is 123 Å². The van der Waals surface area contributed by atoms with Crippen LogP contribution in [-0.2, 0) is 4.79 Å². The second kappa shape index (κ2) is 6.23. The van der Waals surface area contributed by atoms with Crippen LogP contribution in [0.3, 0.4) is 0 Å². The third kappa shape index (κ3) is 2.98. The summed E-state index contributed by atoms with van der Waals surface area (Å²) in [7, 11) is 0. The minimum Gasteiger partial charge on any atom is -0.292 e. The van der Waals surface area contributed by atoms with Crippen LogP contribution >= 0.6 is 11.6 Å². The molecule has 1 atom stereocenters. The Morgan fingerprint density at radius 3 is 2.25 bits per heavy atom. The van der Waals surface area contributed by atoms with E-state index in [1.165, 1.54) is 11.8 Å². The highest BCUT2D eigenvalue weighted by atomic mass is 35.5. The summed E-state index contributed by atoms with van der Waals surface area (Å²) in [6.07, 6.45) is 0. The van der Waals surface area contributed by atoms with Crippen LogP contribution in [0.15, 0.2) is 54.6 Å². The number of amides is 1. The van der Waals surface area contributed by atoms with E-state index < -0.39 is 6.04 Å². The van der Waals surface area contributed by atoms with Gasteiger partial charge in [0.2, 0.25) is 5.91 Å². The number of nitriles is 1. The average Bonchev–Trinajstić information content (AvgIpc) is 2.46. The molecule has 0 spiro atoms. The van der Waals surface area contributed by atoms with E-state index in [1.807, 2.05) is 30.3 Å². The first-order chi connectivity index (χ1) is 9.63. The van der Waals surface area contributed by atoms with Crippen molar-refractivity contribution in [1.29, 1.82) is 5.26 Å². The zero-order valence-electron chi connectivity index (χ0n) is 11.0. The second-order valence-corrected chi connectivity index (χ2v) is 4.74. The van der Waals surface area contributed by atoms with E-state index >= 15 is 0 Å². The molecule has 2 aromatic carbocycles. The van der Waals surface area contributed by atoms with Crippen molar-refractivity contribution in [2.45, 2.75) is 13.0 Å². The summed E-state index contributed by atoms with van der Waals surface area (Å²) in [5, 5.41) is 10.0. The summed E-state index contributed by atoms with van der Waals surface area (Å²) in [5.41, 5.74) is 1.43. The lowest BCUT2D eigenvalue weighted by Crippen LogP contribution is -2.32.